The van der Waals surface area contributed by atoms with Crippen LogP contribution in [0.25, 0.3) is 0 Å². The summed E-state index contributed by atoms with van der Waals surface area (Å²) in [5.74, 6) is 0.00299. The number of nitrogens with one attached hydrogen (secondary N) is 2. The Morgan fingerprint density at radius 3 is 2.56 bits per heavy atom. The zero-order chi connectivity index (χ0) is 12.5. The van der Waals surface area contributed by atoms with E-state index >= 15 is 0 Å². The molecule has 0 bridgehead atoms. The Kier molecular flexibility index (Phi) is 6.12. The Morgan fingerprint density at radius 2 is 2.06 bits per heavy atom. The Morgan fingerprint density at radius 1 is 1.44 bits per heavy atom. The summed E-state index contributed by atoms with van der Waals surface area (Å²) in [4.78, 5) is 12.2. The summed E-state index contributed by atoms with van der Waals surface area (Å²) in [6.07, 6.45) is 1.95. The monoisotopic (exact) mass is 416 g/mol. The molecule has 1 aliphatic heterocycles. The molecule has 102 valence electrons. The molecular weight excluding hydrogens is 403 g/mol. The van der Waals surface area contributed by atoms with Crippen LogP contribution in [0.5, 0.6) is 0 Å². The molecule has 1 aromatic rings. The van der Waals surface area contributed by atoms with Crippen molar-refractivity contribution in [2.75, 3.05) is 13.1 Å². The van der Waals surface area contributed by atoms with Crippen molar-refractivity contribution in [3.8, 4) is 0 Å². The molecule has 0 unspecified atom stereocenters. The van der Waals surface area contributed by atoms with E-state index in [1.165, 1.54) is 11.3 Å². The van der Waals surface area contributed by atoms with E-state index in [1.807, 2.05) is 6.07 Å². The second-order valence-corrected chi connectivity index (χ2v) is 8.25. The van der Waals surface area contributed by atoms with Crippen LogP contribution in [0.15, 0.2) is 13.6 Å². The molecule has 1 aliphatic rings. The molecule has 3 nitrogen and oxygen atoms in total. The van der Waals surface area contributed by atoms with Gasteiger partial charge in [-0.2, -0.15) is 0 Å². The van der Waals surface area contributed by atoms with Gasteiger partial charge in [-0.25, -0.2) is 0 Å². The number of thiophene rings is 1. The maximum absolute atomic E-state index is 12.2. The van der Waals surface area contributed by atoms with Gasteiger partial charge in [-0.15, -0.1) is 23.7 Å². The van der Waals surface area contributed by atoms with Crippen LogP contribution in [0.3, 0.4) is 0 Å². The lowest BCUT2D eigenvalue weighted by atomic mass is 9.90. The van der Waals surface area contributed by atoms with Gasteiger partial charge in [0.1, 0.15) is 0 Å². The quantitative estimate of drug-likeness (QED) is 0.771. The predicted octanol–water partition coefficient (Wildman–Crippen LogP) is 3.57. The fourth-order valence-corrected chi connectivity index (χ4v) is 4.73. The van der Waals surface area contributed by atoms with E-state index in [0.717, 1.165) is 33.5 Å². The molecule has 0 radical (unpaired) electrons. The van der Waals surface area contributed by atoms with Gasteiger partial charge in [0.2, 0.25) is 0 Å². The lowest BCUT2D eigenvalue weighted by Gasteiger charge is -2.34. The number of rotatable bonds is 2. The third-order valence-corrected chi connectivity index (χ3v) is 5.36. The van der Waals surface area contributed by atoms with Gasteiger partial charge in [0.05, 0.1) is 13.1 Å². The van der Waals surface area contributed by atoms with Gasteiger partial charge in [0.15, 0.2) is 0 Å². The summed E-state index contributed by atoms with van der Waals surface area (Å²) in [5, 5.41) is 6.45. The molecule has 0 saturated carbocycles. The van der Waals surface area contributed by atoms with Gasteiger partial charge >= 0.3 is 0 Å². The highest BCUT2D eigenvalue weighted by molar-refractivity contribution is 9.12. The summed E-state index contributed by atoms with van der Waals surface area (Å²) in [6.45, 7) is 4.04. The van der Waals surface area contributed by atoms with Gasteiger partial charge < -0.3 is 10.6 Å². The molecule has 2 heterocycles. The highest BCUT2D eigenvalue weighted by Crippen LogP contribution is 2.32. The van der Waals surface area contributed by atoms with E-state index in [-0.39, 0.29) is 23.9 Å². The predicted molar refractivity (Wildman–Crippen MR) is 84.9 cm³/mol. The topological polar surface area (TPSA) is 41.1 Å². The van der Waals surface area contributed by atoms with Gasteiger partial charge in [-0.1, -0.05) is 0 Å². The van der Waals surface area contributed by atoms with Crippen molar-refractivity contribution >= 4 is 61.5 Å². The largest absolute Gasteiger partial charge is 0.347 e. The second kappa shape index (κ2) is 6.70. The van der Waals surface area contributed by atoms with Crippen LogP contribution in [-0.4, -0.2) is 24.5 Å². The van der Waals surface area contributed by atoms with E-state index in [9.17, 15) is 4.79 Å². The van der Waals surface area contributed by atoms with Gasteiger partial charge in [-0.3, -0.25) is 4.79 Å². The van der Waals surface area contributed by atoms with E-state index in [0.29, 0.717) is 5.56 Å². The minimum Gasteiger partial charge on any atom is -0.347 e. The number of halogens is 3. The zero-order valence-corrected chi connectivity index (χ0v) is 14.7. The summed E-state index contributed by atoms with van der Waals surface area (Å²) >= 11 is 8.32. The van der Waals surface area contributed by atoms with Gasteiger partial charge in [0.25, 0.3) is 5.91 Å². The first-order valence-electron chi connectivity index (χ1n) is 5.48. The third-order valence-electron chi connectivity index (χ3n) is 3.02. The van der Waals surface area contributed by atoms with Crippen LogP contribution >= 0.6 is 55.6 Å². The average molecular weight is 419 g/mol. The molecule has 0 spiro atoms. The molecule has 18 heavy (non-hydrogen) atoms. The molecule has 1 aromatic heterocycles. The molecule has 2 N–H and O–H groups in total. The molecule has 1 amide bonds. The van der Waals surface area contributed by atoms with Gasteiger partial charge in [-0.05, 0) is 70.8 Å². The molecule has 7 heteroatoms. The molecule has 0 atom stereocenters. The van der Waals surface area contributed by atoms with Crippen molar-refractivity contribution < 1.29 is 4.79 Å². The standard InChI is InChI=1S/C11H14Br2N2OS.ClH/c1-11(2-4-14-5-3-11)15-10(16)7-6-8(12)17-9(7)13;/h6,14H,2-5H2,1H3,(H,15,16);1H. The first-order valence-corrected chi connectivity index (χ1v) is 7.88. The maximum Gasteiger partial charge on any atom is 0.253 e. The maximum atomic E-state index is 12.2. The fourth-order valence-electron chi connectivity index (χ4n) is 1.94. The van der Waals surface area contributed by atoms with E-state index in [2.05, 4.69) is 49.4 Å². The van der Waals surface area contributed by atoms with Crippen molar-refractivity contribution in [3.05, 3.63) is 19.2 Å². The van der Waals surface area contributed by atoms with Crippen molar-refractivity contribution in [1.29, 1.82) is 0 Å². The Balaban J connectivity index is 0.00000162. The highest BCUT2D eigenvalue weighted by Gasteiger charge is 2.29. The number of piperidine rings is 1. The molecule has 1 fully saturated rings. The van der Waals surface area contributed by atoms with Gasteiger partial charge in [0, 0.05) is 5.54 Å². The first kappa shape index (κ1) is 16.4. The number of hydrogen-bond donors (Lipinski definition) is 2. The molecule has 1 saturated heterocycles. The fraction of sp³-hybridized carbons (Fsp3) is 0.545. The number of amides is 1. The van der Waals surface area contributed by atoms with Crippen molar-refractivity contribution in [3.63, 3.8) is 0 Å². The number of carbonyl (C=O) groups excluding carboxylic acids is 1. The normalized spacial score (nSPS) is 17.9. The molecular formula is C11H15Br2ClN2OS. The summed E-state index contributed by atoms with van der Waals surface area (Å²) in [6, 6.07) is 1.86. The van der Waals surface area contributed by atoms with E-state index < -0.39 is 0 Å². The van der Waals surface area contributed by atoms with E-state index in [1.54, 1.807) is 0 Å². The minimum absolute atomic E-state index is 0. The smallest absolute Gasteiger partial charge is 0.253 e. The Labute approximate surface area is 134 Å². The van der Waals surface area contributed by atoms with Crippen LogP contribution in [0.1, 0.15) is 30.1 Å². The van der Waals surface area contributed by atoms with Crippen LogP contribution in [0, 0.1) is 0 Å². The highest BCUT2D eigenvalue weighted by atomic mass is 79.9. The Bertz CT molecular complexity index is 433. The van der Waals surface area contributed by atoms with Crippen molar-refractivity contribution in [1.82, 2.24) is 10.6 Å². The number of hydrogen-bond acceptors (Lipinski definition) is 3. The summed E-state index contributed by atoms with van der Waals surface area (Å²) in [5.41, 5.74) is 0.623. The summed E-state index contributed by atoms with van der Waals surface area (Å²) < 4.78 is 1.84. The minimum atomic E-state index is -0.0871. The second-order valence-electron chi connectivity index (χ2n) is 4.50. The number of carbonyl (C=O) groups is 1. The van der Waals surface area contributed by atoms with Crippen LogP contribution in [-0.2, 0) is 0 Å². The van der Waals surface area contributed by atoms with Crippen molar-refractivity contribution in [2.24, 2.45) is 0 Å². The van der Waals surface area contributed by atoms with Crippen LogP contribution in [0.2, 0.25) is 0 Å². The SMILES string of the molecule is CC1(NC(=O)c2cc(Br)sc2Br)CCNCC1.Cl. The van der Waals surface area contributed by atoms with Crippen molar-refractivity contribution in [2.45, 2.75) is 25.3 Å². The zero-order valence-electron chi connectivity index (χ0n) is 9.89. The summed E-state index contributed by atoms with van der Waals surface area (Å²) in [7, 11) is 0. The molecule has 0 aliphatic carbocycles. The van der Waals surface area contributed by atoms with Crippen LogP contribution in [0.4, 0.5) is 0 Å². The molecule has 0 aromatic carbocycles. The van der Waals surface area contributed by atoms with E-state index in [4.69, 9.17) is 0 Å². The van der Waals surface area contributed by atoms with Crippen LogP contribution < -0.4 is 10.6 Å². The molecule has 2 rings (SSSR count). The Hall–Kier alpha value is 0.380. The lowest BCUT2D eigenvalue weighted by Crippen LogP contribution is -2.52. The first-order chi connectivity index (χ1) is 8.00. The third kappa shape index (κ3) is 3.93. The lowest BCUT2D eigenvalue weighted by molar-refractivity contribution is 0.0887. The average Bonchev–Trinajstić information content (AvgIpc) is 2.58.